The van der Waals surface area contributed by atoms with Gasteiger partial charge in [0.25, 0.3) is 0 Å². The Morgan fingerprint density at radius 1 is 0.810 bits per heavy atom. The Morgan fingerprint density at radius 3 is 2.33 bits per heavy atom. The molecular weight excluding hydrogens is 256 g/mol. The van der Waals surface area contributed by atoms with Crippen molar-refractivity contribution in [3.63, 3.8) is 0 Å². The van der Waals surface area contributed by atoms with E-state index in [1.165, 1.54) is 11.1 Å². The molecular formula is C20H14O. The van der Waals surface area contributed by atoms with E-state index in [1.807, 2.05) is 48.6 Å². The number of hydrogen-bond donors (Lipinski definition) is 0. The van der Waals surface area contributed by atoms with E-state index in [2.05, 4.69) is 24.3 Å². The van der Waals surface area contributed by atoms with Gasteiger partial charge < -0.3 is 0 Å². The van der Waals surface area contributed by atoms with Gasteiger partial charge in [0.15, 0.2) is 5.78 Å². The zero-order chi connectivity index (χ0) is 14.2. The molecule has 0 aliphatic heterocycles. The molecule has 0 radical (unpaired) electrons. The van der Waals surface area contributed by atoms with E-state index in [4.69, 9.17) is 0 Å². The summed E-state index contributed by atoms with van der Waals surface area (Å²) in [5.41, 5.74) is 6.22. The van der Waals surface area contributed by atoms with Gasteiger partial charge in [0, 0.05) is 11.1 Å². The second-order valence-corrected chi connectivity index (χ2v) is 5.31. The van der Waals surface area contributed by atoms with Gasteiger partial charge in [0.2, 0.25) is 0 Å². The maximum atomic E-state index is 12.7. The molecule has 21 heavy (non-hydrogen) atoms. The lowest BCUT2D eigenvalue weighted by Crippen LogP contribution is -2.17. The predicted octanol–water partition coefficient (Wildman–Crippen LogP) is 4.57. The van der Waals surface area contributed by atoms with Crippen LogP contribution in [-0.2, 0) is 0 Å². The lowest BCUT2D eigenvalue weighted by Gasteiger charge is -2.26. The largest absolute Gasteiger partial charge is 0.289 e. The van der Waals surface area contributed by atoms with Crippen LogP contribution in [0.1, 0.15) is 27.9 Å². The fraction of sp³-hybridized carbons (Fsp3) is 0.0500. The number of ketones is 1. The van der Waals surface area contributed by atoms with Crippen LogP contribution in [0, 0.1) is 0 Å². The van der Waals surface area contributed by atoms with Crippen molar-refractivity contribution in [1.82, 2.24) is 0 Å². The topological polar surface area (TPSA) is 17.1 Å². The van der Waals surface area contributed by atoms with Gasteiger partial charge in [0.05, 0.1) is 0 Å². The molecule has 0 saturated heterocycles. The Bertz CT molecular complexity index is 820. The average molecular weight is 270 g/mol. The van der Waals surface area contributed by atoms with Gasteiger partial charge >= 0.3 is 0 Å². The Labute approximate surface area is 123 Å². The van der Waals surface area contributed by atoms with E-state index in [0.717, 1.165) is 28.7 Å². The van der Waals surface area contributed by atoms with Crippen LogP contribution in [0.5, 0.6) is 0 Å². The molecule has 1 heteroatoms. The summed E-state index contributed by atoms with van der Waals surface area (Å²) in [5, 5.41) is 0. The molecule has 2 aliphatic carbocycles. The summed E-state index contributed by atoms with van der Waals surface area (Å²) in [4.78, 5) is 12.7. The zero-order valence-corrected chi connectivity index (χ0v) is 11.5. The molecule has 0 atom stereocenters. The molecule has 0 spiro atoms. The molecule has 0 fully saturated rings. The number of fused-ring (bicyclic) bond motifs is 2. The van der Waals surface area contributed by atoms with Gasteiger partial charge in [-0.05, 0) is 28.7 Å². The number of rotatable bonds is 1. The minimum absolute atomic E-state index is 0.143. The van der Waals surface area contributed by atoms with Gasteiger partial charge in [0.1, 0.15) is 0 Å². The lowest BCUT2D eigenvalue weighted by molar-refractivity contribution is 0.103. The van der Waals surface area contributed by atoms with E-state index in [0.29, 0.717) is 0 Å². The monoisotopic (exact) mass is 270 g/mol. The molecule has 0 saturated carbocycles. The van der Waals surface area contributed by atoms with Crippen LogP contribution in [0.25, 0.3) is 5.57 Å². The first kappa shape index (κ1) is 12.1. The van der Waals surface area contributed by atoms with Gasteiger partial charge in [-0.15, -0.1) is 0 Å². The predicted molar refractivity (Wildman–Crippen MR) is 85.1 cm³/mol. The quantitative estimate of drug-likeness (QED) is 0.741. The van der Waals surface area contributed by atoms with Crippen molar-refractivity contribution in [1.29, 1.82) is 0 Å². The van der Waals surface area contributed by atoms with Gasteiger partial charge in [-0.25, -0.2) is 0 Å². The highest BCUT2D eigenvalue weighted by Crippen LogP contribution is 2.41. The third-order valence-corrected chi connectivity index (χ3v) is 4.10. The van der Waals surface area contributed by atoms with Crippen LogP contribution in [0.15, 0.2) is 84.0 Å². The van der Waals surface area contributed by atoms with Crippen LogP contribution in [0.4, 0.5) is 0 Å². The summed E-state index contributed by atoms with van der Waals surface area (Å²) in [6, 6.07) is 18.3. The van der Waals surface area contributed by atoms with Crippen LogP contribution in [0.3, 0.4) is 0 Å². The van der Waals surface area contributed by atoms with Crippen molar-refractivity contribution in [3.05, 3.63) is 101 Å². The van der Waals surface area contributed by atoms with Gasteiger partial charge in [-0.3, -0.25) is 4.79 Å². The van der Waals surface area contributed by atoms with Crippen molar-refractivity contribution in [2.45, 2.75) is 6.42 Å². The third-order valence-electron chi connectivity index (χ3n) is 4.10. The summed E-state index contributed by atoms with van der Waals surface area (Å²) in [6.45, 7) is 0. The van der Waals surface area contributed by atoms with E-state index in [1.54, 1.807) is 0 Å². The second kappa shape index (κ2) is 4.71. The molecule has 0 unspecified atom stereocenters. The maximum Gasteiger partial charge on any atom is 0.193 e. The molecule has 100 valence electrons. The number of carbonyl (C=O) groups is 1. The lowest BCUT2D eigenvalue weighted by atomic mass is 9.76. The summed E-state index contributed by atoms with van der Waals surface area (Å²) < 4.78 is 0. The van der Waals surface area contributed by atoms with E-state index in [-0.39, 0.29) is 5.78 Å². The van der Waals surface area contributed by atoms with Crippen LogP contribution in [-0.4, -0.2) is 5.78 Å². The first-order chi connectivity index (χ1) is 10.4. The fourth-order valence-corrected chi connectivity index (χ4v) is 3.15. The van der Waals surface area contributed by atoms with Crippen molar-refractivity contribution in [2.24, 2.45) is 0 Å². The molecule has 0 aromatic heterocycles. The molecule has 2 aromatic carbocycles. The maximum absolute atomic E-state index is 12.7. The molecule has 0 bridgehead atoms. The van der Waals surface area contributed by atoms with Crippen LogP contribution < -0.4 is 0 Å². The van der Waals surface area contributed by atoms with E-state index >= 15 is 0 Å². The highest BCUT2D eigenvalue weighted by molar-refractivity contribution is 6.19. The first-order valence-electron chi connectivity index (χ1n) is 7.16. The van der Waals surface area contributed by atoms with E-state index < -0.39 is 0 Å². The number of Topliss-reactive ketones (excluding diaryl/α,β-unsaturated/α-hetero) is 1. The Balaban J connectivity index is 2.07. The number of hydrogen-bond acceptors (Lipinski definition) is 1. The average Bonchev–Trinajstić information content (AvgIpc) is 2.56. The summed E-state index contributed by atoms with van der Waals surface area (Å²) >= 11 is 0. The minimum Gasteiger partial charge on any atom is -0.289 e. The Morgan fingerprint density at radius 2 is 1.52 bits per heavy atom. The molecule has 0 N–H and O–H groups in total. The number of carbonyl (C=O) groups excluding carboxylic acids is 1. The summed E-state index contributed by atoms with van der Waals surface area (Å²) in [7, 11) is 0. The SMILES string of the molecule is O=C1C2=CC=CCC2=C(c2ccccc2)c2ccccc21. The van der Waals surface area contributed by atoms with Gasteiger partial charge in [-0.1, -0.05) is 72.8 Å². The van der Waals surface area contributed by atoms with Crippen molar-refractivity contribution in [2.75, 3.05) is 0 Å². The first-order valence-corrected chi connectivity index (χ1v) is 7.16. The highest BCUT2D eigenvalue weighted by Gasteiger charge is 2.29. The molecule has 0 amide bonds. The highest BCUT2D eigenvalue weighted by atomic mass is 16.1. The van der Waals surface area contributed by atoms with Crippen molar-refractivity contribution < 1.29 is 4.79 Å². The normalized spacial score (nSPS) is 16.4. The van der Waals surface area contributed by atoms with Gasteiger partial charge in [-0.2, -0.15) is 0 Å². The second-order valence-electron chi connectivity index (χ2n) is 5.31. The zero-order valence-electron chi connectivity index (χ0n) is 11.5. The molecule has 4 rings (SSSR count). The van der Waals surface area contributed by atoms with Crippen LogP contribution >= 0.6 is 0 Å². The summed E-state index contributed by atoms with van der Waals surface area (Å²) in [6.07, 6.45) is 6.85. The molecule has 2 aliphatic rings. The number of allylic oxidation sites excluding steroid dienone is 5. The van der Waals surface area contributed by atoms with E-state index in [9.17, 15) is 4.79 Å². The van der Waals surface area contributed by atoms with Crippen molar-refractivity contribution >= 4 is 11.4 Å². The number of benzene rings is 2. The van der Waals surface area contributed by atoms with Crippen LogP contribution in [0.2, 0.25) is 0 Å². The standard InChI is InChI=1S/C20H14O/c21-20-17-12-6-4-10-15(17)19(14-8-2-1-3-9-14)16-11-5-7-13-18(16)20/h1-10,12-13H,11H2. The molecule has 0 heterocycles. The molecule has 2 aromatic rings. The Hall–Kier alpha value is -2.67. The Kier molecular flexibility index (Phi) is 2.71. The smallest absolute Gasteiger partial charge is 0.193 e. The summed E-state index contributed by atoms with van der Waals surface area (Å²) in [5.74, 6) is 0.143. The third kappa shape index (κ3) is 1.82. The molecule has 1 nitrogen and oxygen atoms in total. The minimum atomic E-state index is 0.143. The fourth-order valence-electron chi connectivity index (χ4n) is 3.15. The van der Waals surface area contributed by atoms with Crippen molar-refractivity contribution in [3.8, 4) is 0 Å².